The molecule has 0 atom stereocenters. The van der Waals surface area contributed by atoms with E-state index < -0.39 is 11.2 Å². The Kier molecular flexibility index (Phi) is 21.6. The van der Waals surface area contributed by atoms with Crippen molar-refractivity contribution in [1.82, 2.24) is 0 Å². The zero-order chi connectivity index (χ0) is 25.6. The van der Waals surface area contributed by atoms with E-state index in [9.17, 15) is 10.2 Å². The molecule has 0 heterocycles. The molecule has 0 unspecified atom stereocenters. The van der Waals surface area contributed by atoms with Gasteiger partial charge in [0.1, 0.15) is 6.29 Å². The lowest BCUT2D eigenvalue weighted by molar-refractivity contribution is -0.106. The van der Waals surface area contributed by atoms with E-state index >= 15 is 0 Å². The van der Waals surface area contributed by atoms with E-state index in [1.807, 2.05) is 27.7 Å². The SMILES string of the molecule is C/C=N/O.CC(C)(O)CCCC1=CCCCC1.CC(C)(O)CCCC1=CCCCC1.CC=O. The van der Waals surface area contributed by atoms with Gasteiger partial charge in [-0.3, -0.25) is 0 Å². The lowest BCUT2D eigenvalue weighted by Crippen LogP contribution is -2.17. The fourth-order valence-electron chi connectivity index (χ4n) is 3.76. The predicted molar refractivity (Wildman–Crippen MR) is 141 cm³/mol. The van der Waals surface area contributed by atoms with Gasteiger partial charge in [-0.2, -0.15) is 0 Å². The zero-order valence-electron chi connectivity index (χ0n) is 22.4. The van der Waals surface area contributed by atoms with E-state index in [1.165, 1.54) is 77.3 Å². The van der Waals surface area contributed by atoms with Crippen LogP contribution in [0.4, 0.5) is 0 Å². The molecule has 3 N–H and O–H groups in total. The van der Waals surface area contributed by atoms with Crippen molar-refractivity contribution in [3.8, 4) is 0 Å². The van der Waals surface area contributed by atoms with Crippen molar-refractivity contribution >= 4 is 12.5 Å². The number of carbonyl (C=O) groups excluding carboxylic acids is 1. The van der Waals surface area contributed by atoms with Crippen LogP contribution in [0.15, 0.2) is 28.5 Å². The van der Waals surface area contributed by atoms with Crippen LogP contribution in [0.5, 0.6) is 0 Å². The van der Waals surface area contributed by atoms with Crippen molar-refractivity contribution in [2.45, 2.75) is 143 Å². The first-order chi connectivity index (χ1) is 15.5. The van der Waals surface area contributed by atoms with Crippen LogP contribution in [0.2, 0.25) is 0 Å². The number of nitrogens with zero attached hydrogens (tertiary/aromatic N) is 1. The fourth-order valence-corrected chi connectivity index (χ4v) is 3.76. The highest BCUT2D eigenvalue weighted by Gasteiger charge is 2.13. The molecule has 0 fully saturated rings. The number of carbonyl (C=O) groups is 1. The molecule has 0 saturated carbocycles. The summed E-state index contributed by atoms with van der Waals surface area (Å²) in [7, 11) is 0. The summed E-state index contributed by atoms with van der Waals surface area (Å²) in [5.41, 5.74) is 2.29. The molecule has 0 aromatic rings. The Bertz CT molecular complexity index is 505. The summed E-state index contributed by atoms with van der Waals surface area (Å²) in [5.74, 6) is 0. The monoisotopic (exact) mass is 467 g/mol. The van der Waals surface area contributed by atoms with Crippen LogP contribution in [0.1, 0.15) is 131 Å². The fraction of sp³-hybridized carbons (Fsp3) is 0.786. The molecule has 5 nitrogen and oxygen atoms in total. The first-order valence-electron chi connectivity index (χ1n) is 12.8. The molecule has 0 aromatic heterocycles. The minimum absolute atomic E-state index is 0.477. The summed E-state index contributed by atoms with van der Waals surface area (Å²) in [4.78, 5) is 8.81. The molecule has 194 valence electrons. The molecule has 0 aromatic carbocycles. The molecule has 0 aliphatic heterocycles. The van der Waals surface area contributed by atoms with Gasteiger partial charge in [0, 0.05) is 6.21 Å². The minimum Gasteiger partial charge on any atom is -0.411 e. The third-order valence-electron chi connectivity index (χ3n) is 5.46. The number of hydrogen-bond acceptors (Lipinski definition) is 5. The van der Waals surface area contributed by atoms with Crippen LogP contribution in [0, 0.1) is 0 Å². The van der Waals surface area contributed by atoms with Crippen molar-refractivity contribution in [3.63, 3.8) is 0 Å². The van der Waals surface area contributed by atoms with Crippen molar-refractivity contribution < 1.29 is 20.2 Å². The Morgan fingerprint density at radius 2 is 1.15 bits per heavy atom. The molecule has 0 spiro atoms. The molecule has 0 bridgehead atoms. The quantitative estimate of drug-likeness (QED) is 0.113. The smallest absolute Gasteiger partial charge is 0.116 e. The van der Waals surface area contributed by atoms with Crippen LogP contribution in [0.3, 0.4) is 0 Å². The Morgan fingerprint density at radius 3 is 1.36 bits per heavy atom. The number of oxime groups is 1. The molecule has 2 rings (SSSR count). The van der Waals surface area contributed by atoms with Gasteiger partial charge in [0.25, 0.3) is 0 Å². The van der Waals surface area contributed by atoms with Crippen LogP contribution in [-0.2, 0) is 4.79 Å². The maximum atomic E-state index is 9.53. The van der Waals surface area contributed by atoms with E-state index in [2.05, 4.69) is 17.3 Å². The Balaban J connectivity index is 0. The summed E-state index contributed by atoms with van der Waals surface area (Å²) in [6.45, 7) is 10.6. The van der Waals surface area contributed by atoms with Gasteiger partial charge < -0.3 is 20.2 Å². The van der Waals surface area contributed by atoms with Gasteiger partial charge in [-0.25, -0.2) is 0 Å². The molecule has 0 radical (unpaired) electrons. The summed E-state index contributed by atoms with van der Waals surface area (Å²) in [6.07, 6.45) is 24.0. The Morgan fingerprint density at radius 1 is 0.818 bits per heavy atom. The molecule has 0 saturated heterocycles. The van der Waals surface area contributed by atoms with E-state index in [4.69, 9.17) is 10.0 Å². The zero-order valence-corrected chi connectivity index (χ0v) is 22.4. The number of hydrogen-bond donors (Lipinski definition) is 3. The van der Waals surface area contributed by atoms with Gasteiger partial charge in [-0.15, -0.1) is 5.16 Å². The second kappa shape index (κ2) is 21.1. The topological polar surface area (TPSA) is 90.1 Å². The van der Waals surface area contributed by atoms with Gasteiger partial charge >= 0.3 is 0 Å². The average molecular weight is 468 g/mol. The van der Waals surface area contributed by atoms with Gasteiger partial charge in [0.05, 0.1) is 11.2 Å². The maximum Gasteiger partial charge on any atom is 0.116 e. The number of rotatable bonds is 8. The van der Waals surface area contributed by atoms with Gasteiger partial charge in [-0.05, 0) is 131 Å². The largest absolute Gasteiger partial charge is 0.411 e. The number of allylic oxidation sites excluding steroid dienone is 4. The second-order valence-corrected chi connectivity index (χ2v) is 10.2. The summed E-state index contributed by atoms with van der Waals surface area (Å²) in [6, 6.07) is 0. The average Bonchev–Trinajstić information content (AvgIpc) is 2.75. The molecule has 33 heavy (non-hydrogen) atoms. The summed E-state index contributed by atoms with van der Waals surface area (Å²) in [5, 5.41) is 29.1. The van der Waals surface area contributed by atoms with Crippen molar-refractivity contribution in [2.24, 2.45) is 5.16 Å². The van der Waals surface area contributed by atoms with E-state index in [0.717, 1.165) is 32.0 Å². The Hall–Kier alpha value is -1.46. The molecule has 5 heteroatoms. The highest BCUT2D eigenvalue weighted by Crippen LogP contribution is 2.24. The van der Waals surface area contributed by atoms with E-state index in [-0.39, 0.29) is 0 Å². The van der Waals surface area contributed by atoms with Crippen molar-refractivity contribution in [3.05, 3.63) is 23.3 Å². The third kappa shape index (κ3) is 28.5. The molecule has 2 aliphatic carbocycles. The van der Waals surface area contributed by atoms with Crippen molar-refractivity contribution in [2.75, 3.05) is 0 Å². The van der Waals surface area contributed by atoms with Crippen molar-refractivity contribution in [1.29, 1.82) is 0 Å². The van der Waals surface area contributed by atoms with Crippen LogP contribution < -0.4 is 0 Å². The molecular formula is C28H53NO4. The summed E-state index contributed by atoms with van der Waals surface area (Å²) >= 11 is 0. The standard InChI is InChI=1S/2C12H22O.C2H5NO.C2H4O/c2*1-12(2,13)10-6-9-11-7-4-3-5-8-11;1-2-3-4;1-2-3/h2*7,13H,3-6,8-10H2,1-2H3;2,4H,1H3;2H,1H3/b;;3-2+;. The van der Waals surface area contributed by atoms with Gasteiger partial charge in [0.15, 0.2) is 0 Å². The predicted octanol–water partition coefficient (Wildman–Crippen LogP) is 7.53. The first-order valence-corrected chi connectivity index (χ1v) is 12.8. The van der Waals surface area contributed by atoms with Crippen LogP contribution in [-0.4, -0.2) is 39.1 Å². The normalized spacial score (nSPS) is 16.1. The highest BCUT2D eigenvalue weighted by molar-refractivity contribution is 5.51. The molecule has 2 aliphatic rings. The van der Waals surface area contributed by atoms with Gasteiger partial charge in [-0.1, -0.05) is 23.3 Å². The first kappa shape index (κ1) is 33.7. The van der Waals surface area contributed by atoms with E-state index in [0.29, 0.717) is 0 Å². The molecular weight excluding hydrogens is 414 g/mol. The summed E-state index contributed by atoms with van der Waals surface area (Å²) < 4.78 is 0. The third-order valence-corrected chi connectivity index (χ3v) is 5.46. The second-order valence-electron chi connectivity index (χ2n) is 10.2. The number of aldehydes is 1. The van der Waals surface area contributed by atoms with Crippen LogP contribution in [0.25, 0.3) is 0 Å². The lowest BCUT2D eigenvalue weighted by Gasteiger charge is -2.18. The number of aliphatic hydroxyl groups is 2. The lowest BCUT2D eigenvalue weighted by atomic mass is 9.93. The molecule has 0 amide bonds. The van der Waals surface area contributed by atoms with Crippen LogP contribution >= 0.6 is 0 Å². The van der Waals surface area contributed by atoms with Gasteiger partial charge in [0.2, 0.25) is 0 Å². The van der Waals surface area contributed by atoms with E-state index in [1.54, 1.807) is 18.1 Å². The Labute approximate surface area is 204 Å². The maximum absolute atomic E-state index is 9.53. The minimum atomic E-state index is -0.477. The highest BCUT2D eigenvalue weighted by atomic mass is 16.4.